The molecule has 0 saturated carbocycles. The largest absolute Gasteiger partial charge is 0.514 e. The number of methoxy groups -OCH3 is 2. The number of hydrogen-bond donors (Lipinski definition) is 2. The van der Waals surface area contributed by atoms with Gasteiger partial charge in [0.15, 0.2) is 35.6 Å². The molecule has 0 amide bonds. The van der Waals surface area contributed by atoms with Gasteiger partial charge in [-0.25, -0.2) is 4.79 Å². The number of carbonyl (C=O) groups excluding carboxylic acids is 1. The van der Waals surface area contributed by atoms with Crippen molar-refractivity contribution >= 4 is 6.16 Å². The van der Waals surface area contributed by atoms with Crippen molar-refractivity contribution in [3.8, 4) is 28.7 Å². The third-order valence-electron chi connectivity index (χ3n) is 10.9. The molecule has 2 aromatic carbocycles. The van der Waals surface area contributed by atoms with Crippen LogP contribution < -0.4 is 23.7 Å². The minimum absolute atomic E-state index is 0.0317. The second-order valence-electron chi connectivity index (χ2n) is 15.4. The lowest BCUT2D eigenvalue weighted by Crippen LogP contribution is -2.63. The lowest BCUT2D eigenvalue weighted by Gasteiger charge is -2.48. The molecule has 1 aliphatic carbocycles. The van der Waals surface area contributed by atoms with E-state index < -0.39 is 61.3 Å². The highest BCUT2D eigenvalue weighted by atomic mass is 16.8. The van der Waals surface area contributed by atoms with E-state index in [2.05, 4.69) is 6.58 Å². The third kappa shape index (κ3) is 7.30. The summed E-state index contributed by atoms with van der Waals surface area (Å²) in [6, 6.07) is 7.30. The summed E-state index contributed by atoms with van der Waals surface area (Å²) >= 11 is 0. The Labute approximate surface area is 318 Å². The second kappa shape index (κ2) is 15.2. The highest BCUT2D eigenvalue weighted by Crippen LogP contribution is 2.59. The zero-order chi connectivity index (χ0) is 38.6. The first kappa shape index (κ1) is 38.0. The van der Waals surface area contributed by atoms with Crippen LogP contribution in [0.25, 0.3) is 0 Å². The van der Waals surface area contributed by atoms with Crippen molar-refractivity contribution in [2.45, 2.75) is 75.9 Å². The molecule has 0 spiro atoms. The van der Waals surface area contributed by atoms with Gasteiger partial charge in [0.25, 0.3) is 0 Å². The Morgan fingerprint density at radius 3 is 2.36 bits per heavy atom. The molecule has 9 unspecified atom stereocenters. The summed E-state index contributed by atoms with van der Waals surface area (Å²) in [7, 11) is 2.92. The van der Waals surface area contributed by atoms with E-state index in [9.17, 15) is 15.0 Å². The average molecular weight is 773 g/mol. The van der Waals surface area contributed by atoms with Crippen LogP contribution in [0.3, 0.4) is 0 Å². The summed E-state index contributed by atoms with van der Waals surface area (Å²) in [5.74, 6) is 0.941. The van der Waals surface area contributed by atoms with E-state index in [0.29, 0.717) is 30.5 Å². The lowest BCUT2D eigenvalue weighted by molar-refractivity contribution is -0.364. The molecular weight excluding hydrogens is 724 g/mol. The fourth-order valence-electron chi connectivity index (χ4n) is 8.23. The van der Waals surface area contributed by atoms with Crippen molar-refractivity contribution < 1.29 is 76.6 Å². The minimum atomic E-state index is -1.42. The number of aliphatic hydroxyl groups excluding tert-OH is 2. The Morgan fingerprint density at radius 1 is 0.909 bits per heavy atom. The van der Waals surface area contributed by atoms with Gasteiger partial charge in [0.2, 0.25) is 12.5 Å². The fraction of sp³-hybridized carbons (Fsp3) is 0.615. The Kier molecular flexibility index (Phi) is 10.5. The molecule has 6 aliphatic rings. The summed E-state index contributed by atoms with van der Waals surface area (Å²) in [5.41, 5.74) is 2.12. The van der Waals surface area contributed by atoms with Crippen LogP contribution in [0, 0.1) is 17.3 Å². The van der Waals surface area contributed by atoms with Gasteiger partial charge in [0.05, 0.1) is 59.1 Å². The monoisotopic (exact) mass is 772 g/mol. The van der Waals surface area contributed by atoms with Crippen LogP contribution in [0.5, 0.6) is 28.7 Å². The summed E-state index contributed by atoms with van der Waals surface area (Å²) in [6.45, 7) is 11.7. The molecule has 5 heterocycles. The minimum Gasteiger partial charge on any atom is -0.498 e. The van der Waals surface area contributed by atoms with Gasteiger partial charge in [-0.2, -0.15) is 0 Å². The van der Waals surface area contributed by atoms with Gasteiger partial charge in [-0.1, -0.05) is 20.4 Å². The number of fused-ring (bicyclic) bond motifs is 4. The van der Waals surface area contributed by atoms with Crippen molar-refractivity contribution in [2.24, 2.45) is 17.3 Å². The molecule has 0 aromatic heterocycles. The molecule has 4 fully saturated rings. The van der Waals surface area contributed by atoms with Crippen LogP contribution in [-0.4, -0.2) is 120 Å². The number of benzene rings is 2. The topological polar surface area (TPSA) is 178 Å². The fourth-order valence-corrected chi connectivity index (χ4v) is 8.23. The van der Waals surface area contributed by atoms with Crippen molar-refractivity contribution in [1.29, 1.82) is 0 Å². The molecule has 4 saturated heterocycles. The Hall–Kier alpha value is -3.87. The zero-order valence-electron chi connectivity index (χ0n) is 31.4. The normalized spacial score (nSPS) is 34.7. The van der Waals surface area contributed by atoms with E-state index in [1.807, 2.05) is 26.0 Å². The predicted octanol–water partition coefficient (Wildman–Crippen LogP) is 3.58. The average Bonchev–Trinajstić information content (AvgIpc) is 3.75. The molecule has 16 nitrogen and oxygen atoms in total. The van der Waals surface area contributed by atoms with Gasteiger partial charge in [0, 0.05) is 23.2 Å². The molecule has 300 valence electrons. The van der Waals surface area contributed by atoms with E-state index in [4.69, 9.17) is 61.6 Å². The first-order valence-electron chi connectivity index (χ1n) is 18.4. The molecule has 2 N–H and O–H groups in total. The predicted molar refractivity (Wildman–Crippen MR) is 187 cm³/mol. The number of hydrogen-bond acceptors (Lipinski definition) is 16. The summed E-state index contributed by atoms with van der Waals surface area (Å²) in [4.78, 5) is 13.0. The molecule has 0 bridgehead atoms. The van der Waals surface area contributed by atoms with E-state index in [1.54, 1.807) is 19.1 Å². The van der Waals surface area contributed by atoms with Crippen LogP contribution >= 0.6 is 0 Å². The van der Waals surface area contributed by atoms with Crippen molar-refractivity contribution in [1.82, 2.24) is 0 Å². The number of ether oxygens (including phenoxy) is 13. The molecule has 8 rings (SSSR count). The summed E-state index contributed by atoms with van der Waals surface area (Å²) in [5, 5.41) is 22.3. The van der Waals surface area contributed by atoms with Crippen LogP contribution in [0.15, 0.2) is 36.6 Å². The number of carbonyl (C=O) groups is 1. The highest BCUT2D eigenvalue weighted by molar-refractivity contribution is 5.69. The van der Waals surface area contributed by atoms with Gasteiger partial charge >= 0.3 is 6.16 Å². The Morgan fingerprint density at radius 2 is 1.64 bits per heavy atom. The van der Waals surface area contributed by atoms with Gasteiger partial charge in [-0.05, 0) is 47.9 Å². The highest BCUT2D eigenvalue weighted by Gasteiger charge is 2.54. The SMILES string of the molecule is C=C1OCC2C(OC3OC4COC(C)OC4C(O)C3O)c3cc4c(cc3[C@@H](c3cc(OC)c(OC(=O)OCC5COCC(C)(C)CO5)c(OC)c3)[C@@H]12)OCO4. The van der Waals surface area contributed by atoms with Gasteiger partial charge in [-0.3, -0.25) is 0 Å². The van der Waals surface area contributed by atoms with Crippen LogP contribution in [0.2, 0.25) is 0 Å². The zero-order valence-corrected chi connectivity index (χ0v) is 31.4. The van der Waals surface area contributed by atoms with E-state index in [0.717, 1.165) is 16.7 Å². The quantitative estimate of drug-likeness (QED) is 0.294. The molecule has 16 heteroatoms. The molecule has 0 radical (unpaired) electrons. The molecular formula is C39H48O16. The smallest absolute Gasteiger partial charge is 0.498 e. The standard InChI is InChI=1S/C39H48O16/c1-18-30-24(13-46-18)34(54-37-33(41)32(40)36-29(53-37)14-47-19(2)52-36)23-10-26-25(50-17-51-26)9-22(23)31(30)20-7-27(43-5)35(28(8-20)44-6)55-38(42)48-12-21-11-45-15-39(3,4)16-49-21/h7-10,19,21,24,29-34,36-37,40-41H,1,11-17H2,2-6H3/t19?,21?,24?,29?,30-,31+,32?,33?,34?,36?,37?/m0/s1. The van der Waals surface area contributed by atoms with Crippen molar-refractivity contribution in [2.75, 3.05) is 60.7 Å². The maximum atomic E-state index is 13.0. The lowest BCUT2D eigenvalue weighted by atomic mass is 9.65. The molecule has 2 aromatic rings. The van der Waals surface area contributed by atoms with Gasteiger partial charge < -0.3 is 71.8 Å². The first-order valence-corrected chi connectivity index (χ1v) is 18.4. The van der Waals surface area contributed by atoms with Crippen LogP contribution in [0.4, 0.5) is 4.79 Å². The molecule has 5 aliphatic heterocycles. The summed E-state index contributed by atoms with van der Waals surface area (Å²) < 4.78 is 76.2. The second-order valence-corrected chi connectivity index (χ2v) is 15.4. The van der Waals surface area contributed by atoms with Crippen molar-refractivity contribution in [3.05, 3.63) is 53.3 Å². The van der Waals surface area contributed by atoms with Gasteiger partial charge in [-0.15, -0.1) is 0 Å². The summed E-state index contributed by atoms with van der Waals surface area (Å²) in [6.07, 6.45) is -8.04. The number of aliphatic hydroxyl groups is 2. The Bertz CT molecular complexity index is 1740. The van der Waals surface area contributed by atoms with E-state index in [1.165, 1.54) is 14.2 Å². The number of rotatable bonds is 8. The maximum absolute atomic E-state index is 13.0. The third-order valence-corrected chi connectivity index (χ3v) is 10.9. The number of allylic oxidation sites excluding steroid dienone is 1. The molecule has 55 heavy (non-hydrogen) atoms. The van der Waals surface area contributed by atoms with Crippen LogP contribution in [0.1, 0.15) is 49.5 Å². The van der Waals surface area contributed by atoms with E-state index >= 15 is 0 Å². The molecule has 11 atom stereocenters. The van der Waals surface area contributed by atoms with E-state index in [-0.39, 0.29) is 67.7 Å². The maximum Gasteiger partial charge on any atom is 0.514 e. The van der Waals surface area contributed by atoms with Crippen LogP contribution in [-0.2, 0) is 37.9 Å². The Balaban J connectivity index is 1.10. The van der Waals surface area contributed by atoms with Crippen molar-refractivity contribution in [3.63, 3.8) is 0 Å². The first-order chi connectivity index (χ1) is 26.4. The van der Waals surface area contributed by atoms with Gasteiger partial charge in [0.1, 0.15) is 37.1 Å².